The first-order chi connectivity index (χ1) is 21.2. The Hall–Kier alpha value is -4.26. The molecule has 3 aliphatic rings. The number of rotatable bonds is 8. The zero-order valence-corrected chi connectivity index (χ0v) is 25.7. The topological polar surface area (TPSA) is 187 Å². The predicted octanol–water partition coefficient (Wildman–Crippen LogP) is 0.216. The van der Waals surface area contributed by atoms with Gasteiger partial charge in [0.05, 0.1) is 17.5 Å². The molecule has 0 bridgehead atoms. The Labute approximate surface area is 260 Å². The van der Waals surface area contributed by atoms with Crippen molar-refractivity contribution >= 4 is 34.9 Å². The fraction of sp³-hybridized carbons (Fsp3) is 0.455. The normalized spacial score (nSPS) is 27.7. The van der Waals surface area contributed by atoms with Crippen LogP contribution in [0.25, 0.3) is 11.1 Å². The van der Waals surface area contributed by atoms with Crippen molar-refractivity contribution in [2.24, 2.45) is 29.4 Å². The maximum Gasteiger partial charge on any atom is 0.251 e. The number of aromatic hydroxyl groups is 1. The summed E-state index contributed by atoms with van der Waals surface area (Å²) in [5.74, 6) is -11.1. The minimum atomic E-state index is -2.77. The van der Waals surface area contributed by atoms with E-state index in [2.05, 4.69) is 5.32 Å². The number of phenols is 1. The Balaban J connectivity index is 1.49. The fourth-order valence-corrected chi connectivity index (χ4v) is 7.38. The van der Waals surface area contributed by atoms with Gasteiger partial charge in [0.2, 0.25) is 5.91 Å². The highest BCUT2D eigenvalue weighted by atomic mass is 16.3. The van der Waals surface area contributed by atoms with E-state index < -0.39 is 64.4 Å². The van der Waals surface area contributed by atoms with Crippen LogP contribution >= 0.6 is 0 Å². The third kappa shape index (κ3) is 5.26. The molecule has 238 valence electrons. The number of nitrogens with two attached hydrogens (primary N) is 1. The predicted molar refractivity (Wildman–Crippen MR) is 162 cm³/mol. The van der Waals surface area contributed by atoms with Gasteiger partial charge in [0.1, 0.15) is 5.75 Å². The number of nitrogens with zero attached hydrogens (tertiary/aromatic N) is 2. The molecule has 12 heteroatoms. The van der Waals surface area contributed by atoms with Crippen molar-refractivity contribution in [3.8, 4) is 16.9 Å². The van der Waals surface area contributed by atoms with E-state index >= 15 is 0 Å². The Bertz CT molecular complexity index is 1600. The summed E-state index contributed by atoms with van der Waals surface area (Å²) in [4.78, 5) is 82.9. The third-order valence-electron chi connectivity index (χ3n) is 9.47. The monoisotopic (exact) mass is 618 g/mol. The van der Waals surface area contributed by atoms with Gasteiger partial charge in [-0.3, -0.25) is 33.7 Å². The van der Waals surface area contributed by atoms with Crippen LogP contribution in [0.5, 0.6) is 5.75 Å². The van der Waals surface area contributed by atoms with Gasteiger partial charge < -0.3 is 26.2 Å². The van der Waals surface area contributed by atoms with E-state index in [-0.39, 0.29) is 30.1 Å². The van der Waals surface area contributed by atoms with Crippen molar-refractivity contribution in [2.75, 3.05) is 41.3 Å². The number of Topliss-reactive ketones (excluding diaryl/α,β-unsaturated/α-hetero) is 4. The maximum atomic E-state index is 14.0. The highest BCUT2D eigenvalue weighted by molar-refractivity contribution is 6.32. The SMILES string of the molecule is CN(C)CCCNC(=O)c1ccc(-c2ccc(O)c3c2C[C@H]2C[C@H]4[C@@H](N(C)C)C(=O)C(C(N)=O)C(=O)[C@@]4(O)C(=O)C2C3=O)cc1. The Morgan fingerprint density at radius 1 is 1.00 bits per heavy atom. The zero-order valence-electron chi connectivity index (χ0n) is 25.7. The lowest BCUT2D eigenvalue weighted by Crippen LogP contribution is -2.74. The van der Waals surface area contributed by atoms with E-state index in [1.54, 1.807) is 44.4 Å². The van der Waals surface area contributed by atoms with Crippen LogP contribution in [-0.2, 0) is 25.6 Å². The Morgan fingerprint density at radius 2 is 1.67 bits per heavy atom. The molecule has 45 heavy (non-hydrogen) atoms. The minimum absolute atomic E-state index is 0.0358. The number of ketones is 4. The van der Waals surface area contributed by atoms with E-state index in [0.717, 1.165) is 13.0 Å². The Morgan fingerprint density at radius 3 is 2.27 bits per heavy atom. The van der Waals surface area contributed by atoms with Gasteiger partial charge in [-0.2, -0.15) is 0 Å². The van der Waals surface area contributed by atoms with E-state index in [0.29, 0.717) is 28.8 Å². The number of hydrogen-bond donors (Lipinski definition) is 4. The summed E-state index contributed by atoms with van der Waals surface area (Å²) < 4.78 is 0. The number of amides is 2. The molecule has 0 aromatic heterocycles. The molecule has 2 aromatic rings. The number of benzene rings is 2. The lowest BCUT2D eigenvalue weighted by Gasteiger charge is -2.52. The third-order valence-corrected chi connectivity index (χ3v) is 9.47. The number of nitrogens with one attached hydrogen (secondary N) is 1. The molecule has 5 rings (SSSR count). The van der Waals surface area contributed by atoms with Gasteiger partial charge in [0.15, 0.2) is 34.7 Å². The lowest BCUT2D eigenvalue weighted by molar-refractivity contribution is -0.181. The van der Waals surface area contributed by atoms with Crippen LogP contribution in [0.1, 0.15) is 39.1 Å². The number of aliphatic hydroxyl groups is 1. The first-order valence-corrected chi connectivity index (χ1v) is 14.9. The molecular formula is C33H38N4O8. The summed E-state index contributed by atoms with van der Waals surface area (Å²) in [6, 6.07) is 8.66. The molecule has 6 atom stereocenters. The van der Waals surface area contributed by atoms with Crippen LogP contribution in [0, 0.1) is 23.7 Å². The first-order valence-electron chi connectivity index (χ1n) is 14.9. The molecule has 0 heterocycles. The summed E-state index contributed by atoms with van der Waals surface area (Å²) in [6.07, 6.45) is 0.909. The largest absolute Gasteiger partial charge is 0.507 e. The van der Waals surface area contributed by atoms with Gasteiger partial charge in [-0.05, 0) is 94.8 Å². The number of phenolic OH excluding ortho intramolecular Hbond substituents is 1. The first kappa shape index (κ1) is 32.1. The van der Waals surface area contributed by atoms with Gasteiger partial charge in [-0.1, -0.05) is 18.2 Å². The van der Waals surface area contributed by atoms with Crippen LogP contribution in [-0.4, -0.2) is 108 Å². The van der Waals surface area contributed by atoms with Gasteiger partial charge in [0.25, 0.3) is 5.91 Å². The summed E-state index contributed by atoms with van der Waals surface area (Å²) in [7, 11) is 7.00. The van der Waals surface area contributed by atoms with Gasteiger partial charge in [0, 0.05) is 18.0 Å². The minimum Gasteiger partial charge on any atom is -0.507 e. The van der Waals surface area contributed by atoms with Crippen LogP contribution in [0.2, 0.25) is 0 Å². The van der Waals surface area contributed by atoms with E-state index in [1.807, 2.05) is 19.0 Å². The van der Waals surface area contributed by atoms with E-state index in [1.165, 1.54) is 11.0 Å². The molecule has 2 saturated carbocycles. The van der Waals surface area contributed by atoms with Crippen LogP contribution < -0.4 is 11.1 Å². The molecule has 2 fully saturated rings. The van der Waals surface area contributed by atoms with Crippen molar-refractivity contribution in [3.63, 3.8) is 0 Å². The number of carbonyl (C=O) groups is 6. The van der Waals surface area contributed by atoms with Gasteiger partial charge in [-0.25, -0.2) is 0 Å². The summed E-state index contributed by atoms with van der Waals surface area (Å²) in [6.45, 7) is 1.37. The number of carbonyl (C=O) groups excluding carboxylic acids is 6. The number of hydrogen-bond acceptors (Lipinski definition) is 10. The molecule has 3 aliphatic carbocycles. The van der Waals surface area contributed by atoms with E-state index in [9.17, 15) is 39.0 Å². The van der Waals surface area contributed by atoms with E-state index in [4.69, 9.17) is 5.73 Å². The van der Waals surface area contributed by atoms with Crippen molar-refractivity contribution in [1.82, 2.24) is 15.1 Å². The van der Waals surface area contributed by atoms with Crippen LogP contribution in [0.15, 0.2) is 36.4 Å². The van der Waals surface area contributed by atoms with Crippen molar-refractivity contribution in [2.45, 2.75) is 30.9 Å². The zero-order chi connectivity index (χ0) is 33.0. The summed E-state index contributed by atoms with van der Waals surface area (Å²) in [5, 5.41) is 25.4. The average Bonchev–Trinajstić information content (AvgIpc) is 2.97. The summed E-state index contributed by atoms with van der Waals surface area (Å²) >= 11 is 0. The molecule has 12 nitrogen and oxygen atoms in total. The molecule has 0 aliphatic heterocycles. The molecular weight excluding hydrogens is 580 g/mol. The second kappa shape index (κ2) is 11.9. The quantitative estimate of drug-likeness (QED) is 0.235. The fourth-order valence-electron chi connectivity index (χ4n) is 7.38. The molecule has 0 saturated heterocycles. The van der Waals surface area contributed by atoms with Crippen LogP contribution in [0.3, 0.4) is 0 Å². The lowest BCUT2D eigenvalue weighted by atomic mass is 9.52. The molecule has 5 N–H and O–H groups in total. The standard InChI is InChI=1S/C33H38N4O8/c1-36(2)13-5-12-35-32(44)17-8-6-16(7-9-17)19-10-11-22(38)24-20(19)14-18-15-21-26(37(3)4)28(40)25(31(34)43)30(42)33(21,45)29(41)23(18)27(24)39/h6-11,18,21,23,25-26,38,45H,5,12-15H2,1-4H3,(H2,34,43)(H,35,44)/t18-,21-,23?,25?,26+,33-/m0/s1. The Kier molecular flexibility index (Phi) is 8.51. The van der Waals surface area contributed by atoms with Gasteiger partial charge >= 0.3 is 0 Å². The maximum absolute atomic E-state index is 14.0. The number of likely N-dealkylation sites (N-methyl/N-ethyl adjacent to an activating group) is 1. The highest BCUT2D eigenvalue weighted by Crippen LogP contribution is 2.51. The molecule has 0 radical (unpaired) electrons. The molecule has 2 amide bonds. The molecule has 2 aromatic carbocycles. The van der Waals surface area contributed by atoms with Crippen LogP contribution in [0.4, 0.5) is 0 Å². The smallest absolute Gasteiger partial charge is 0.251 e. The van der Waals surface area contributed by atoms with Crippen molar-refractivity contribution < 1.29 is 39.0 Å². The number of primary amides is 1. The average molecular weight is 619 g/mol. The second-order valence-corrected chi connectivity index (χ2v) is 12.8. The number of fused-ring (bicyclic) bond motifs is 3. The second-order valence-electron chi connectivity index (χ2n) is 12.8. The van der Waals surface area contributed by atoms with Gasteiger partial charge in [-0.15, -0.1) is 0 Å². The summed E-state index contributed by atoms with van der Waals surface area (Å²) in [5.41, 5.74) is 4.76. The highest BCUT2D eigenvalue weighted by Gasteiger charge is 2.69. The molecule has 2 unspecified atom stereocenters. The molecule has 0 spiro atoms. The van der Waals surface area contributed by atoms with Crippen molar-refractivity contribution in [3.05, 3.63) is 53.1 Å². The van der Waals surface area contributed by atoms with Crippen molar-refractivity contribution in [1.29, 1.82) is 0 Å².